The van der Waals surface area contributed by atoms with Crippen molar-refractivity contribution in [3.8, 4) is 0 Å². The number of aryl methyl sites for hydroxylation is 1. The number of rotatable bonds is 5. The zero-order valence-corrected chi connectivity index (χ0v) is 11.6. The van der Waals surface area contributed by atoms with Crippen LogP contribution >= 0.6 is 22.9 Å². The zero-order valence-electron chi connectivity index (χ0n) is 10.0. The summed E-state index contributed by atoms with van der Waals surface area (Å²) in [5, 5.41) is 14.0. The Bertz CT molecular complexity index is 520. The summed E-state index contributed by atoms with van der Waals surface area (Å²) >= 11 is 7.28. The third-order valence-corrected chi connectivity index (χ3v) is 4.27. The second-order valence-corrected chi connectivity index (χ2v) is 5.81. The zero-order chi connectivity index (χ0) is 12.4. The summed E-state index contributed by atoms with van der Waals surface area (Å²) in [5.41, 5.74) is 0. The largest absolute Gasteiger partial charge is 0.370 e. The van der Waals surface area contributed by atoms with E-state index < -0.39 is 0 Å². The minimum absolute atomic E-state index is 0.0674. The van der Waals surface area contributed by atoms with Gasteiger partial charge < -0.3 is 4.74 Å². The van der Waals surface area contributed by atoms with Gasteiger partial charge in [-0.15, -0.1) is 21.8 Å². The second-order valence-electron chi connectivity index (χ2n) is 4.40. The summed E-state index contributed by atoms with van der Waals surface area (Å²) in [6.07, 6.45) is 5.24. The third-order valence-electron chi connectivity index (χ3n) is 3.05. The molecule has 2 aromatic heterocycles. The van der Waals surface area contributed by atoms with E-state index in [-0.39, 0.29) is 6.10 Å². The van der Waals surface area contributed by atoms with Gasteiger partial charge in [-0.2, -0.15) is 9.61 Å². The maximum atomic E-state index is 5.68. The highest BCUT2D eigenvalue weighted by Gasteiger charge is 2.24. The fourth-order valence-electron chi connectivity index (χ4n) is 2.13. The SMILES string of the molecule is ClCCCCc1nn2c(C3CCCO3)nnc2s1. The topological polar surface area (TPSA) is 52.3 Å². The minimum Gasteiger partial charge on any atom is -0.370 e. The van der Waals surface area contributed by atoms with Gasteiger partial charge in [0.2, 0.25) is 4.96 Å². The average Bonchev–Trinajstić information content (AvgIpc) is 3.03. The third kappa shape index (κ3) is 2.37. The summed E-state index contributed by atoms with van der Waals surface area (Å²) in [6.45, 7) is 0.812. The Balaban J connectivity index is 1.79. The van der Waals surface area contributed by atoms with Crippen LogP contribution in [-0.4, -0.2) is 32.3 Å². The van der Waals surface area contributed by atoms with Gasteiger partial charge in [-0.1, -0.05) is 11.3 Å². The Morgan fingerprint density at radius 2 is 2.33 bits per heavy atom. The molecular weight excluding hydrogens is 272 g/mol. The number of fused-ring (bicyclic) bond motifs is 1. The van der Waals surface area contributed by atoms with Gasteiger partial charge >= 0.3 is 0 Å². The predicted octanol–water partition coefficient (Wildman–Crippen LogP) is 2.60. The van der Waals surface area contributed by atoms with Crippen molar-refractivity contribution in [1.82, 2.24) is 19.8 Å². The monoisotopic (exact) mass is 286 g/mol. The summed E-state index contributed by atoms with van der Waals surface area (Å²) in [6, 6.07) is 0. The minimum atomic E-state index is 0.0674. The molecule has 2 aromatic rings. The number of alkyl halides is 1. The van der Waals surface area contributed by atoms with Crippen molar-refractivity contribution >= 4 is 27.9 Å². The van der Waals surface area contributed by atoms with E-state index in [9.17, 15) is 0 Å². The van der Waals surface area contributed by atoms with Crippen LogP contribution in [0.4, 0.5) is 0 Å². The lowest BCUT2D eigenvalue weighted by Gasteiger charge is -2.04. The van der Waals surface area contributed by atoms with Gasteiger partial charge in [0.1, 0.15) is 11.1 Å². The maximum absolute atomic E-state index is 5.68. The van der Waals surface area contributed by atoms with Crippen LogP contribution in [0.25, 0.3) is 4.96 Å². The maximum Gasteiger partial charge on any atom is 0.234 e. The summed E-state index contributed by atoms with van der Waals surface area (Å²) in [4.78, 5) is 0.862. The van der Waals surface area contributed by atoms with Crippen LogP contribution < -0.4 is 0 Å². The highest BCUT2D eigenvalue weighted by molar-refractivity contribution is 7.16. The lowest BCUT2D eigenvalue weighted by molar-refractivity contribution is 0.103. The Morgan fingerprint density at radius 1 is 1.39 bits per heavy atom. The van der Waals surface area contributed by atoms with E-state index in [4.69, 9.17) is 16.3 Å². The number of ether oxygens (including phenoxy) is 1. The number of nitrogens with zero attached hydrogens (tertiary/aromatic N) is 4. The molecule has 1 aliphatic heterocycles. The van der Waals surface area contributed by atoms with Gasteiger partial charge in [-0.05, 0) is 25.7 Å². The van der Waals surface area contributed by atoms with Crippen molar-refractivity contribution in [2.45, 2.75) is 38.2 Å². The van der Waals surface area contributed by atoms with E-state index in [1.807, 2.05) is 4.52 Å². The number of hydrogen-bond acceptors (Lipinski definition) is 5. The summed E-state index contributed by atoms with van der Waals surface area (Å²) in [7, 11) is 0. The molecule has 0 radical (unpaired) electrons. The molecule has 18 heavy (non-hydrogen) atoms. The molecule has 5 nitrogen and oxygen atoms in total. The second kappa shape index (κ2) is 5.50. The van der Waals surface area contributed by atoms with Crippen LogP contribution in [0.2, 0.25) is 0 Å². The van der Waals surface area contributed by atoms with Crippen LogP contribution in [0, 0.1) is 0 Å². The summed E-state index contributed by atoms with van der Waals surface area (Å²) in [5.74, 6) is 1.56. The van der Waals surface area contributed by atoms with Crippen LogP contribution in [0.3, 0.4) is 0 Å². The number of halogens is 1. The molecule has 3 rings (SSSR count). The Labute approximate surface area is 114 Å². The number of hydrogen-bond donors (Lipinski definition) is 0. The molecule has 3 heterocycles. The van der Waals surface area contributed by atoms with Crippen LogP contribution in [0.5, 0.6) is 0 Å². The fraction of sp³-hybridized carbons (Fsp3) is 0.727. The molecule has 0 bridgehead atoms. The standard InChI is InChI=1S/C11H15ClN4OS/c12-6-2-1-5-9-15-16-10(8-4-3-7-17-8)13-14-11(16)18-9/h8H,1-7H2. The van der Waals surface area contributed by atoms with Crippen LogP contribution in [0.15, 0.2) is 0 Å². The van der Waals surface area contributed by atoms with Gasteiger partial charge in [-0.25, -0.2) is 0 Å². The van der Waals surface area contributed by atoms with E-state index in [2.05, 4.69) is 15.3 Å². The van der Waals surface area contributed by atoms with Crippen molar-refractivity contribution in [2.24, 2.45) is 0 Å². The summed E-state index contributed by atoms with van der Waals surface area (Å²) < 4.78 is 7.48. The van der Waals surface area contributed by atoms with E-state index in [0.717, 1.165) is 54.5 Å². The molecule has 1 saturated heterocycles. The van der Waals surface area contributed by atoms with E-state index >= 15 is 0 Å². The number of aromatic nitrogens is 4. The Morgan fingerprint density at radius 3 is 3.11 bits per heavy atom. The fourth-order valence-corrected chi connectivity index (χ4v) is 3.20. The molecule has 0 amide bonds. The van der Waals surface area contributed by atoms with Crippen molar-refractivity contribution in [1.29, 1.82) is 0 Å². The molecule has 1 unspecified atom stereocenters. The highest BCUT2D eigenvalue weighted by atomic mass is 35.5. The molecule has 1 aliphatic rings. The highest BCUT2D eigenvalue weighted by Crippen LogP contribution is 2.28. The van der Waals surface area contributed by atoms with Crippen molar-refractivity contribution in [3.05, 3.63) is 10.8 Å². The molecule has 0 spiro atoms. The van der Waals surface area contributed by atoms with Gasteiger partial charge in [0.15, 0.2) is 5.82 Å². The molecule has 1 atom stereocenters. The van der Waals surface area contributed by atoms with E-state index in [1.165, 1.54) is 0 Å². The van der Waals surface area contributed by atoms with E-state index in [0.29, 0.717) is 5.88 Å². The first kappa shape index (κ1) is 12.3. The van der Waals surface area contributed by atoms with Crippen molar-refractivity contribution < 1.29 is 4.74 Å². The number of unbranched alkanes of at least 4 members (excludes halogenated alkanes) is 1. The molecule has 0 aliphatic carbocycles. The lowest BCUT2D eigenvalue weighted by atomic mass is 10.2. The Kier molecular flexibility index (Phi) is 3.77. The van der Waals surface area contributed by atoms with Gasteiger partial charge in [0.05, 0.1) is 0 Å². The molecule has 0 N–H and O–H groups in total. The van der Waals surface area contributed by atoms with E-state index in [1.54, 1.807) is 11.3 Å². The average molecular weight is 287 g/mol. The molecule has 0 aromatic carbocycles. The molecule has 7 heteroatoms. The molecule has 0 saturated carbocycles. The van der Waals surface area contributed by atoms with Gasteiger partial charge in [-0.3, -0.25) is 0 Å². The molecule has 1 fully saturated rings. The molecule has 98 valence electrons. The lowest BCUT2D eigenvalue weighted by Crippen LogP contribution is -2.03. The van der Waals surface area contributed by atoms with Crippen molar-refractivity contribution in [3.63, 3.8) is 0 Å². The van der Waals surface area contributed by atoms with Gasteiger partial charge in [0, 0.05) is 18.9 Å². The quantitative estimate of drug-likeness (QED) is 0.626. The first-order valence-electron chi connectivity index (χ1n) is 6.27. The normalized spacial score (nSPS) is 19.9. The molecular formula is C11H15ClN4OS. The smallest absolute Gasteiger partial charge is 0.234 e. The van der Waals surface area contributed by atoms with Crippen molar-refractivity contribution in [2.75, 3.05) is 12.5 Å². The van der Waals surface area contributed by atoms with Crippen LogP contribution in [-0.2, 0) is 11.2 Å². The first-order chi connectivity index (χ1) is 8.88. The first-order valence-corrected chi connectivity index (χ1v) is 7.62. The Hall–Kier alpha value is -0.720. The van der Waals surface area contributed by atoms with Crippen LogP contribution in [0.1, 0.15) is 42.6 Å². The van der Waals surface area contributed by atoms with Gasteiger partial charge in [0.25, 0.3) is 0 Å². The predicted molar refractivity (Wildman–Crippen MR) is 70.2 cm³/mol.